The van der Waals surface area contributed by atoms with Gasteiger partial charge in [0.25, 0.3) is 0 Å². The van der Waals surface area contributed by atoms with Gasteiger partial charge in [-0.25, -0.2) is 4.98 Å². The highest BCUT2D eigenvalue weighted by Crippen LogP contribution is 2.13. The lowest BCUT2D eigenvalue weighted by molar-refractivity contribution is 0.717. The number of fused-ring (bicyclic) bond motifs is 1. The Bertz CT molecular complexity index is 445. The molecule has 0 aliphatic rings. The first-order valence-corrected chi connectivity index (χ1v) is 5.45. The summed E-state index contributed by atoms with van der Waals surface area (Å²) in [5.41, 5.74) is 3.55. The summed E-state index contributed by atoms with van der Waals surface area (Å²) in [7, 11) is 0. The molecule has 2 aromatic rings. The summed E-state index contributed by atoms with van der Waals surface area (Å²) >= 11 is 0. The minimum Gasteiger partial charge on any atom is -0.342 e. The van der Waals surface area contributed by atoms with E-state index in [0.717, 1.165) is 36.4 Å². The maximum absolute atomic E-state index is 4.38. The predicted molar refractivity (Wildman–Crippen MR) is 63.1 cm³/mol. The average Bonchev–Trinajstić information content (AvgIpc) is 2.57. The van der Waals surface area contributed by atoms with Crippen LogP contribution in [0.25, 0.3) is 11.0 Å². The van der Waals surface area contributed by atoms with Crippen molar-refractivity contribution in [2.75, 3.05) is 13.1 Å². The van der Waals surface area contributed by atoms with Crippen molar-refractivity contribution in [3.8, 4) is 0 Å². The van der Waals surface area contributed by atoms with Gasteiger partial charge >= 0.3 is 0 Å². The normalized spacial score (nSPS) is 11.1. The van der Waals surface area contributed by atoms with Gasteiger partial charge in [0, 0.05) is 0 Å². The summed E-state index contributed by atoms with van der Waals surface area (Å²) in [5, 5.41) is 3.32. The molecule has 2 N–H and O–H groups in total. The summed E-state index contributed by atoms with van der Waals surface area (Å²) in [4.78, 5) is 7.64. The fourth-order valence-electron chi connectivity index (χ4n) is 1.75. The molecule has 3 nitrogen and oxygen atoms in total. The zero-order chi connectivity index (χ0) is 10.7. The van der Waals surface area contributed by atoms with Crippen LogP contribution >= 0.6 is 0 Å². The van der Waals surface area contributed by atoms with E-state index in [9.17, 15) is 0 Å². The van der Waals surface area contributed by atoms with Gasteiger partial charge in [0.2, 0.25) is 0 Å². The monoisotopic (exact) mass is 203 g/mol. The predicted octanol–water partition coefficient (Wildman–Crippen LogP) is 2.02. The van der Waals surface area contributed by atoms with Gasteiger partial charge in [-0.1, -0.05) is 13.0 Å². The van der Waals surface area contributed by atoms with Crippen molar-refractivity contribution in [1.82, 2.24) is 15.3 Å². The van der Waals surface area contributed by atoms with E-state index >= 15 is 0 Å². The highest BCUT2D eigenvalue weighted by atomic mass is 14.9. The summed E-state index contributed by atoms with van der Waals surface area (Å²) < 4.78 is 0. The Balaban J connectivity index is 2.15. The van der Waals surface area contributed by atoms with Gasteiger partial charge < -0.3 is 10.3 Å². The number of aromatic nitrogens is 2. The molecule has 0 saturated heterocycles. The third-order valence-electron chi connectivity index (χ3n) is 2.51. The van der Waals surface area contributed by atoms with Crippen LogP contribution in [0.3, 0.4) is 0 Å². The van der Waals surface area contributed by atoms with Crippen LogP contribution in [-0.4, -0.2) is 23.1 Å². The first-order chi connectivity index (χ1) is 7.29. The quantitative estimate of drug-likeness (QED) is 0.746. The number of nitrogens with zero attached hydrogens (tertiary/aromatic N) is 1. The van der Waals surface area contributed by atoms with Crippen molar-refractivity contribution < 1.29 is 0 Å². The van der Waals surface area contributed by atoms with E-state index in [2.05, 4.69) is 40.4 Å². The van der Waals surface area contributed by atoms with Crippen LogP contribution < -0.4 is 5.32 Å². The van der Waals surface area contributed by atoms with Crippen molar-refractivity contribution in [2.24, 2.45) is 0 Å². The van der Waals surface area contributed by atoms with E-state index in [4.69, 9.17) is 0 Å². The van der Waals surface area contributed by atoms with Crippen LogP contribution in [0.4, 0.5) is 0 Å². The summed E-state index contributed by atoms with van der Waals surface area (Å²) in [6, 6.07) is 6.42. The number of aromatic amines is 1. The first kappa shape index (κ1) is 10.2. The molecule has 0 radical (unpaired) electrons. The molecule has 0 aliphatic heterocycles. The molecule has 0 unspecified atom stereocenters. The molecule has 1 aromatic carbocycles. The summed E-state index contributed by atoms with van der Waals surface area (Å²) in [5.74, 6) is 0.980. The van der Waals surface area contributed by atoms with E-state index in [1.165, 1.54) is 5.56 Å². The molecule has 3 heteroatoms. The molecule has 0 saturated carbocycles. The number of hydrogen-bond acceptors (Lipinski definition) is 2. The van der Waals surface area contributed by atoms with Gasteiger partial charge in [-0.2, -0.15) is 0 Å². The van der Waals surface area contributed by atoms with E-state index in [-0.39, 0.29) is 0 Å². The summed E-state index contributed by atoms with van der Waals surface area (Å²) in [6.07, 6.45) is 1.07. The van der Waals surface area contributed by atoms with Crippen LogP contribution in [0.1, 0.15) is 18.3 Å². The van der Waals surface area contributed by atoms with Gasteiger partial charge in [0.15, 0.2) is 0 Å². The molecule has 0 spiro atoms. The number of benzene rings is 1. The van der Waals surface area contributed by atoms with E-state index in [0.29, 0.717) is 0 Å². The Morgan fingerprint density at radius 2 is 2.27 bits per heavy atom. The molecule has 80 valence electrons. The second-order valence-electron chi connectivity index (χ2n) is 3.78. The van der Waals surface area contributed by atoms with E-state index < -0.39 is 0 Å². The average molecular weight is 203 g/mol. The van der Waals surface area contributed by atoms with Gasteiger partial charge in [0.1, 0.15) is 5.82 Å². The smallest absolute Gasteiger partial charge is 0.104 e. The van der Waals surface area contributed by atoms with Gasteiger partial charge in [0.05, 0.1) is 11.0 Å². The van der Waals surface area contributed by atoms with Crippen molar-refractivity contribution >= 4 is 11.0 Å². The van der Waals surface area contributed by atoms with Crippen molar-refractivity contribution in [1.29, 1.82) is 0 Å². The molecular formula is C12H17N3. The molecule has 2 rings (SSSR count). The fourth-order valence-corrected chi connectivity index (χ4v) is 1.75. The SMILES string of the molecule is CCNCCc1ccc2nc(C)[nH]c2c1. The number of aryl methyl sites for hydroxylation is 1. The molecule has 1 heterocycles. The number of H-pyrrole nitrogens is 1. The number of imidazole rings is 1. The second-order valence-corrected chi connectivity index (χ2v) is 3.78. The van der Waals surface area contributed by atoms with Crippen LogP contribution in [0.2, 0.25) is 0 Å². The third-order valence-corrected chi connectivity index (χ3v) is 2.51. The Morgan fingerprint density at radius 3 is 3.07 bits per heavy atom. The lowest BCUT2D eigenvalue weighted by Gasteiger charge is -2.01. The van der Waals surface area contributed by atoms with Crippen molar-refractivity contribution in [3.05, 3.63) is 29.6 Å². The highest BCUT2D eigenvalue weighted by molar-refractivity contribution is 5.75. The molecule has 15 heavy (non-hydrogen) atoms. The first-order valence-electron chi connectivity index (χ1n) is 5.45. The van der Waals surface area contributed by atoms with Crippen LogP contribution in [0.5, 0.6) is 0 Å². The van der Waals surface area contributed by atoms with Gasteiger partial charge in [-0.3, -0.25) is 0 Å². The topological polar surface area (TPSA) is 40.7 Å². The number of nitrogens with one attached hydrogen (secondary N) is 2. The maximum atomic E-state index is 4.38. The zero-order valence-corrected chi connectivity index (χ0v) is 9.30. The maximum Gasteiger partial charge on any atom is 0.104 e. The number of likely N-dealkylation sites (N-methyl/N-ethyl adjacent to an activating group) is 1. The Labute approximate surface area is 89.9 Å². The molecule has 0 bridgehead atoms. The van der Waals surface area contributed by atoms with Gasteiger partial charge in [-0.05, 0) is 44.1 Å². The van der Waals surface area contributed by atoms with Gasteiger partial charge in [-0.15, -0.1) is 0 Å². The molecule has 1 aromatic heterocycles. The standard InChI is InChI=1S/C12H17N3/c1-3-13-7-6-10-4-5-11-12(8-10)15-9(2)14-11/h4-5,8,13H,3,6-7H2,1-2H3,(H,14,15). The molecule has 0 aliphatic carbocycles. The Kier molecular flexibility index (Phi) is 3.02. The number of rotatable bonds is 4. The lowest BCUT2D eigenvalue weighted by atomic mass is 10.1. The summed E-state index contributed by atoms with van der Waals surface area (Å²) in [6.45, 7) is 6.18. The number of hydrogen-bond donors (Lipinski definition) is 2. The van der Waals surface area contributed by atoms with Crippen molar-refractivity contribution in [2.45, 2.75) is 20.3 Å². The Morgan fingerprint density at radius 1 is 1.40 bits per heavy atom. The van der Waals surface area contributed by atoms with Crippen molar-refractivity contribution in [3.63, 3.8) is 0 Å². The van der Waals surface area contributed by atoms with Crippen LogP contribution in [0.15, 0.2) is 18.2 Å². The Hall–Kier alpha value is -1.35. The van der Waals surface area contributed by atoms with Crippen LogP contribution in [0, 0.1) is 6.92 Å². The second kappa shape index (κ2) is 4.45. The highest BCUT2D eigenvalue weighted by Gasteiger charge is 2.00. The minimum absolute atomic E-state index is 0.980. The fraction of sp³-hybridized carbons (Fsp3) is 0.417. The minimum atomic E-state index is 0.980. The van der Waals surface area contributed by atoms with E-state index in [1.807, 2.05) is 6.92 Å². The third kappa shape index (κ3) is 2.36. The molecule has 0 fully saturated rings. The zero-order valence-electron chi connectivity index (χ0n) is 9.30. The lowest BCUT2D eigenvalue weighted by Crippen LogP contribution is -2.15. The van der Waals surface area contributed by atoms with E-state index in [1.54, 1.807) is 0 Å². The van der Waals surface area contributed by atoms with Crippen LogP contribution in [-0.2, 0) is 6.42 Å². The molecular weight excluding hydrogens is 186 g/mol. The molecule has 0 atom stereocenters. The molecule has 0 amide bonds. The largest absolute Gasteiger partial charge is 0.342 e.